The Labute approximate surface area is 96.5 Å². The lowest BCUT2D eigenvalue weighted by atomic mass is 9.58. The molecule has 0 unspecified atom stereocenters. The first kappa shape index (κ1) is 9.77. The van der Waals surface area contributed by atoms with Crippen LogP contribution in [0.25, 0.3) is 0 Å². The fourth-order valence-corrected chi connectivity index (χ4v) is 4.05. The first-order chi connectivity index (χ1) is 7.36. The Bertz CT molecular complexity index is 377. The highest BCUT2D eigenvalue weighted by atomic mass is 32.2. The van der Waals surface area contributed by atoms with E-state index in [2.05, 4.69) is 24.5 Å². The second-order valence-corrected chi connectivity index (χ2v) is 5.82. The Kier molecular flexibility index (Phi) is 2.31. The molecule has 0 bridgehead atoms. The van der Waals surface area contributed by atoms with Crippen LogP contribution in [0.2, 0.25) is 0 Å². The summed E-state index contributed by atoms with van der Waals surface area (Å²) in [4.78, 5) is 1.53. The van der Waals surface area contributed by atoms with E-state index in [1.54, 1.807) is 11.1 Å². The van der Waals surface area contributed by atoms with E-state index in [9.17, 15) is 0 Å². The van der Waals surface area contributed by atoms with E-state index >= 15 is 0 Å². The third-order valence-electron chi connectivity index (χ3n) is 4.32. The van der Waals surface area contributed by atoms with Gasteiger partial charge in [0.2, 0.25) is 0 Å². The van der Waals surface area contributed by atoms with E-state index in [1.807, 2.05) is 11.8 Å². The molecule has 0 amide bonds. The van der Waals surface area contributed by atoms with Gasteiger partial charge in [0.25, 0.3) is 0 Å². The SMILES string of the molecule is CSc1cccc2c1CCCC21CCC1. The molecule has 15 heavy (non-hydrogen) atoms. The van der Waals surface area contributed by atoms with Crippen LogP contribution >= 0.6 is 11.8 Å². The van der Waals surface area contributed by atoms with Gasteiger partial charge in [-0.25, -0.2) is 0 Å². The van der Waals surface area contributed by atoms with Crippen molar-refractivity contribution in [3.05, 3.63) is 29.3 Å². The number of thioether (sulfide) groups is 1. The third-order valence-corrected chi connectivity index (χ3v) is 5.14. The summed E-state index contributed by atoms with van der Waals surface area (Å²) < 4.78 is 0. The molecule has 0 radical (unpaired) electrons. The van der Waals surface area contributed by atoms with Crippen LogP contribution < -0.4 is 0 Å². The molecule has 1 spiro atoms. The zero-order valence-corrected chi connectivity index (χ0v) is 10.2. The number of hydrogen-bond acceptors (Lipinski definition) is 1. The summed E-state index contributed by atoms with van der Waals surface area (Å²) in [5.41, 5.74) is 3.99. The fourth-order valence-electron chi connectivity index (χ4n) is 3.37. The summed E-state index contributed by atoms with van der Waals surface area (Å²) in [6, 6.07) is 6.95. The second kappa shape index (κ2) is 3.55. The van der Waals surface area contributed by atoms with Crippen LogP contribution in [-0.4, -0.2) is 6.26 Å². The number of fused-ring (bicyclic) bond motifs is 2. The van der Waals surface area contributed by atoms with Gasteiger partial charge in [0.05, 0.1) is 0 Å². The van der Waals surface area contributed by atoms with E-state index < -0.39 is 0 Å². The lowest BCUT2D eigenvalue weighted by Crippen LogP contribution is -2.37. The molecule has 0 nitrogen and oxygen atoms in total. The van der Waals surface area contributed by atoms with Crippen molar-refractivity contribution in [2.45, 2.75) is 48.8 Å². The summed E-state index contributed by atoms with van der Waals surface area (Å²) in [6.07, 6.45) is 10.7. The molecule has 2 aliphatic rings. The normalized spacial score (nSPS) is 22.2. The van der Waals surface area contributed by atoms with Crippen molar-refractivity contribution in [3.8, 4) is 0 Å². The van der Waals surface area contributed by atoms with Gasteiger partial charge in [0.15, 0.2) is 0 Å². The van der Waals surface area contributed by atoms with E-state index in [0.29, 0.717) is 5.41 Å². The highest BCUT2D eigenvalue weighted by Crippen LogP contribution is 2.52. The van der Waals surface area contributed by atoms with Gasteiger partial charge in [-0.3, -0.25) is 0 Å². The average Bonchev–Trinajstić information content (AvgIpc) is 2.25. The maximum absolute atomic E-state index is 2.40. The largest absolute Gasteiger partial charge is 0.129 e. The van der Waals surface area contributed by atoms with E-state index in [0.717, 1.165) is 0 Å². The van der Waals surface area contributed by atoms with Gasteiger partial charge in [-0.2, -0.15) is 0 Å². The zero-order chi connectivity index (χ0) is 10.3. The van der Waals surface area contributed by atoms with Gasteiger partial charge in [-0.1, -0.05) is 18.6 Å². The molecule has 0 atom stereocenters. The van der Waals surface area contributed by atoms with Crippen LogP contribution in [0.15, 0.2) is 23.1 Å². The van der Waals surface area contributed by atoms with Crippen molar-refractivity contribution < 1.29 is 0 Å². The van der Waals surface area contributed by atoms with Crippen LogP contribution in [0.5, 0.6) is 0 Å². The molecule has 0 saturated heterocycles. The lowest BCUT2D eigenvalue weighted by Gasteiger charge is -2.46. The molecule has 1 saturated carbocycles. The topological polar surface area (TPSA) is 0 Å². The summed E-state index contributed by atoms with van der Waals surface area (Å²) in [6.45, 7) is 0. The predicted molar refractivity (Wildman–Crippen MR) is 66.7 cm³/mol. The third kappa shape index (κ3) is 1.36. The predicted octanol–water partition coefficient (Wildman–Crippen LogP) is 4.17. The molecule has 2 aliphatic carbocycles. The van der Waals surface area contributed by atoms with Gasteiger partial charge < -0.3 is 0 Å². The van der Waals surface area contributed by atoms with Crippen molar-refractivity contribution in [1.29, 1.82) is 0 Å². The van der Waals surface area contributed by atoms with E-state index in [-0.39, 0.29) is 0 Å². The molecule has 1 fully saturated rings. The van der Waals surface area contributed by atoms with Gasteiger partial charge in [-0.05, 0) is 61.0 Å². The van der Waals surface area contributed by atoms with Crippen molar-refractivity contribution >= 4 is 11.8 Å². The molecule has 1 aromatic rings. The summed E-state index contributed by atoms with van der Waals surface area (Å²) in [5.74, 6) is 0. The molecular weight excluding hydrogens is 200 g/mol. The highest BCUT2D eigenvalue weighted by Gasteiger charge is 2.41. The molecule has 0 heterocycles. The first-order valence-corrected chi connectivity index (χ1v) is 7.25. The molecule has 0 N–H and O–H groups in total. The minimum absolute atomic E-state index is 0.610. The second-order valence-electron chi connectivity index (χ2n) is 4.97. The van der Waals surface area contributed by atoms with Gasteiger partial charge >= 0.3 is 0 Å². The van der Waals surface area contributed by atoms with E-state index in [4.69, 9.17) is 0 Å². The fraction of sp³-hybridized carbons (Fsp3) is 0.571. The zero-order valence-electron chi connectivity index (χ0n) is 9.38. The van der Waals surface area contributed by atoms with Gasteiger partial charge in [-0.15, -0.1) is 11.8 Å². The molecule has 80 valence electrons. The lowest BCUT2D eigenvalue weighted by molar-refractivity contribution is 0.208. The Morgan fingerprint density at radius 1 is 1.13 bits per heavy atom. The number of rotatable bonds is 1. The molecule has 0 aromatic heterocycles. The van der Waals surface area contributed by atoms with Crippen LogP contribution in [0, 0.1) is 0 Å². The average molecular weight is 218 g/mol. The van der Waals surface area contributed by atoms with Gasteiger partial charge in [0.1, 0.15) is 0 Å². The summed E-state index contributed by atoms with van der Waals surface area (Å²) in [7, 11) is 0. The smallest absolute Gasteiger partial charge is 0.0104 e. The quantitative estimate of drug-likeness (QED) is 0.638. The molecule has 3 rings (SSSR count). The van der Waals surface area contributed by atoms with E-state index in [1.165, 1.54) is 43.4 Å². The van der Waals surface area contributed by atoms with Crippen LogP contribution in [0.4, 0.5) is 0 Å². The van der Waals surface area contributed by atoms with Crippen LogP contribution in [0.1, 0.15) is 43.2 Å². The monoisotopic (exact) mass is 218 g/mol. The number of benzene rings is 1. The first-order valence-electron chi connectivity index (χ1n) is 6.02. The minimum Gasteiger partial charge on any atom is -0.129 e. The van der Waals surface area contributed by atoms with Gasteiger partial charge in [0, 0.05) is 4.90 Å². The highest BCUT2D eigenvalue weighted by molar-refractivity contribution is 7.98. The Hall–Kier alpha value is -0.430. The molecular formula is C14H18S. The van der Waals surface area contributed by atoms with Crippen molar-refractivity contribution in [1.82, 2.24) is 0 Å². The van der Waals surface area contributed by atoms with Crippen molar-refractivity contribution in [2.75, 3.05) is 6.26 Å². The maximum Gasteiger partial charge on any atom is 0.0104 e. The maximum atomic E-state index is 2.40. The number of hydrogen-bond donors (Lipinski definition) is 0. The summed E-state index contributed by atoms with van der Waals surface area (Å²) >= 11 is 1.92. The molecule has 0 aliphatic heterocycles. The molecule has 1 aromatic carbocycles. The molecule has 1 heteroatoms. The van der Waals surface area contributed by atoms with Crippen molar-refractivity contribution in [3.63, 3.8) is 0 Å². The van der Waals surface area contributed by atoms with Crippen molar-refractivity contribution in [2.24, 2.45) is 0 Å². The Morgan fingerprint density at radius 2 is 1.93 bits per heavy atom. The Balaban J connectivity index is 2.12. The Morgan fingerprint density at radius 3 is 2.60 bits per heavy atom. The minimum atomic E-state index is 0.610. The van der Waals surface area contributed by atoms with Crippen LogP contribution in [0.3, 0.4) is 0 Å². The summed E-state index contributed by atoms with van der Waals surface area (Å²) in [5, 5.41) is 0. The van der Waals surface area contributed by atoms with Crippen LogP contribution in [-0.2, 0) is 11.8 Å². The standard InChI is InChI=1S/C14H18S/c1-15-13-7-2-6-12-11(13)5-3-8-14(12)9-4-10-14/h2,6-7H,3-5,8-10H2,1H3.